The van der Waals surface area contributed by atoms with Gasteiger partial charge in [-0.25, -0.2) is 4.79 Å². The Labute approximate surface area is 464 Å². The predicted octanol–water partition coefficient (Wildman–Crippen LogP) is 4.92. The van der Waals surface area contributed by atoms with Gasteiger partial charge in [0.05, 0.1) is 54.0 Å². The zero-order valence-corrected chi connectivity index (χ0v) is 49.0. The number of hydrogen-bond donors (Lipinski definition) is 4. The number of benzene rings is 1. The van der Waals surface area contributed by atoms with Crippen molar-refractivity contribution in [3.05, 3.63) is 51.8 Å². The van der Waals surface area contributed by atoms with Crippen LogP contribution in [-0.4, -0.2) is 191 Å². The number of ether oxygens (including phenoxy) is 9. The third kappa shape index (κ3) is 13.8. The normalized spacial score (nSPS) is 36.9. The van der Waals surface area contributed by atoms with E-state index in [0.717, 1.165) is 11.1 Å². The molecular weight excluding hydrogens is 1030 g/mol. The van der Waals surface area contributed by atoms with E-state index >= 15 is 0 Å². The number of carbonyl (C=O) groups is 4. The van der Waals surface area contributed by atoms with Gasteiger partial charge in [0.1, 0.15) is 41.4 Å². The van der Waals surface area contributed by atoms with Crippen molar-refractivity contribution in [3.8, 4) is 0 Å². The van der Waals surface area contributed by atoms with Gasteiger partial charge in [0, 0.05) is 68.1 Å². The fraction of sp³-hybridized carbons (Fsp3) is 0.741. The van der Waals surface area contributed by atoms with E-state index in [4.69, 9.17) is 42.6 Å². The van der Waals surface area contributed by atoms with Crippen LogP contribution < -0.4 is 5.43 Å². The molecule has 3 fully saturated rings. The van der Waals surface area contributed by atoms with E-state index in [2.05, 4.69) is 6.58 Å². The van der Waals surface area contributed by atoms with Crippen LogP contribution in [0, 0.1) is 23.7 Å². The number of hydrogen-bond acceptors (Lipinski definition) is 19. The summed E-state index contributed by atoms with van der Waals surface area (Å²) in [5.41, 5.74) is -3.32. The molecule has 1 aromatic heterocycles. The highest BCUT2D eigenvalue weighted by atomic mass is 16.7. The van der Waals surface area contributed by atoms with Gasteiger partial charge in [-0.2, -0.15) is 0 Å². The SMILES string of the molecule is C=C1OCc2cc(CCCN(C)CCC(=O)O[C@H]3[C@H](C)O[C@@H](O[C@H]4[C@H](C)[C@@H](O[C@@H]5O[C@H](C)C[C@H](N(C)C)[C@H]5O)[C@](C)(OC)C[C@@H](C)C(=O)[C@H](C)[C@@H](O)[C@](C)(O)[C@@H](CC)OC(=O)[C@@H]4C)C[C@@]3(C)OC)cc3c(=O)c(C(=O)O)cn1c23. The molecule has 4 aliphatic rings. The number of nitrogens with zero attached hydrogens (tertiary/aromatic N) is 3. The molecule has 1 aromatic carbocycles. The number of cyclic esters (lactones) is 1. The average Bonchev–Trinajstić information content (AvgIpc) is 3.43. The fourth-order valence-electron chi connectivity index (χ4n) is 12.4. The molecule has 3 saturated heterocycles. The maximum Gasteiger partial charge on any atom is 0.341 e. The largest absolute Gasteiger partial charge is 0.477 e. The molecule has 4 aliphatic heterocycles. The summed E-state index contributed by atoms with van der Waals surface area (Å²) in [5.74, 6) is -6.46. The summed E-state index contributed by atoms with van der Waals surface area (Å²) in [5, 5.41) is 45.3. The van der Waals surface area contributed by atoms with Gasteiger partial charge in [0.2, 0.25) is 5.43 Å². The molecule has 0 unspecified atom stereocenters. The van der Waals surface area contributed by atoms with Crippen LogP contribution in [0.3, 0.4) is 0 Å². The maximum atomic E-state index is 14.6. The standard InChI is InChI=1S/C58H89N3O18/c1-17-42-58(11,70)50(66)32(4)46(63)30(2)26-56(9,71-15)51(79-55-48(65)41(59(12)13)23-31(3)74-55)33(5)49(34(6)54(69)76-42)78-44-27-57(10,72-16)52(35(7)75-44)77-43(62)20-22-60(14)21-18-19-37-24-38-29-73-36(8)61-28-40(53(67)68)47(64)39(25-37)45(38)61/h24-25,28,30-35,41-42,44,48-52,55,65-66,70H,8,17-23,26-27,29H2,1-7,9-16H3,(H,67,68)/t30-,31-,32+,33+,34-,35+,41+,42-,44+,48-,49+,50-,51-,52+,55+,56-,57-,58-/m1/s1. The van der Waals surface area contributed by atoms with Crippen LogP contribution in [0.1, 0.15) is 129 Å². The molecule has 2 aromatic rings. The second-order valence-corrected chi connectivity index (χ2v) is 23.6. The number of ketones is 1. The van der Waals surface area contributed by atoms with E-state index in [1.807, 2.05) is 50.9 Å². The predicted molar refractivity (Wildman–Crippen MR) is 291 cm³/mol. The highest BCUT2D eigenvalue weighted by Crippen LogP contribution is 2.43. The summed E-state index contributed by atoms with van der Waals surface area (Å²) < 4.78 is 58.7. The number of aromatic nitrogens is 1. The van der Waals surface area contributed by atoms with Crippen LogP contribution in [0.5, 0.6) is 0 Å². The summed E-state index contributed by atoms with van der Waals surface area (Å²) in [4.78, 5) is 71.6. The number of pyridine rings is 1. The Morgan fingerprint density at radius 1 is 0.899 bits per heavy atom. The van der Waals surface area contributed by atoms with Gasteiger partial charge >= 0.3 is 17.9 Å². The minimum atomic E-state index is -2.03. The Hall–Kier alpha value is -4.39. The van der Waals surface area contributed by atoms with Crippen molar-refractivity contribution in [2.45, 2.75) is 205 Å². The van der Waals surface area contributed by atoms with Crippen LogP contribution in [0.25, 0.3) is 16.8 Å². The number of aryl methyl sites for hydroxylation is 1. The number of carboxylic acid groups (broad SMARTS) is 1. The molecule has 0 aliphatic carbocycles. The van der Waals surface area contributed by atoms with Gasteiger partial charge in [-0.15, -0.1) is 0 Å². The van der Waals surface area contributed by atoms with Gasteiger partial charge in [0.15, 0.2) is 24.6 Å². The summed E-state index contributed by atoms with van der Waals surface area (Å²) in [6.07, 6.45) is -7.17. The lowest BCUT2D eigenvalue weighted by Gasteiger charge is -2.50. The Kier molecular flexibility index (Phi) is 20.8. The summed E-state index contributed by atoms with van der Waals surface area (Å²) in [6.45, 7) is 22.0. The molecule has 21 nitrogen and oxygen atoms in total. The van der Waals surface area contributed by atoms with E-state index in [-0.39, 0.29) is 67.1 Å². The van der Waals surface area contributed by atoms with Gasteiger partial charge in [0.25, 0.3) is 0 Å². The third-order valence-corrected chi connectivity index (χ3v) is 17.3. The summed E-state index contributed by atoms with van der Waals surface area (Å²) in [6, 6.07) is 3.33. The molecule has 4 N–H and O–H groups in total. The highest BCUT2D eigenvalue weighted by Gasteiger charge is 2.55. The average molecular weight is 1120 g/mol. The number of rotatable bonds is 17. The van der Waals surface area contributed by atoms with E-state index in [1.54, 1.807) is 47.6 Å². The molecule has 21 heteroatoms. The Bertz CT molecular complexity index is 2570. The number of esters is 2. The zero-order valence-electron chi connectivity index (χ0n) is 49.0. The quantitative estimate of drug-likeness (QED) is 0.153. The van der Waals surface area contributed by atoms with Crippen LogP contribution >= 0.6 is 0 Å². The van der Waals surface area contributed by atoms with E-state index in [0.29, 0.717) is 37.9 Å². The number of likely N-dealkylation sites (N-methyl/N-ethyl adjacent to an activating group) is 1. The molecule has 0 saturated carbocycles. The monoisotopic (exact) mass is 1120 g/mol. The Morgan fingerprint density at radius 2 is 1.56 bits per heavy atom. The molecule has 0 spiro atoms. The van der Waals surface area contributed by atoms with Crippen molar-refractivity contribution >= 4 is 40.5 Å². The van der Waals surface area contributed by atoms with E-state index < -0.39 is 119 Å². The molecular formula is C58H89N3O18. The lowest BCUT2D eigenvalue weighted by Crippen LogP contribution is -2.61. The van der Waals surface area contributed by atoms with Crippen molar-refractivity contribution in [2.24, 2.45) is 23.7 Å². The number of methoxy groups -OCH3 is 2. The number of Topliss-reactive ketones (excluding diaryl/α,β-unsaturated/α-hetero) is 1. The van der Waals surface area contributed by atoms with Crippen molar-refractivity contribution in [1.82, 2.24) is 14.4 Å². The summed E-state index contributed by atoms with van der Waals surface area (Å²) >= 11 is 0. The number of carbonyl (C=O) groups excluding carboxylic acids is 3. The van der Waals surface area contributed by atoms with Gasteiger partial charge in [-0.1, -0.05) is 33.8 Å². The number of aliphatic hydroxyl groups is 3. The molecule has 18 atom stereocenters. The summed E-state index contributed by atoms with van der Waals surface area (Å²) in [7, 11) is 8.61. The molecule has 5 heterocycles. The first kappa shape index (κ1) is 63.8. The third-order valence-electron chi connectivity index (χ3n) is 17.3. The molecule has 444 valence electrons. The maximum absolute atomic E-state index is 14.6. The molecule has 6 rings (SSSR count). The first-order valence-corrected chi connectivity index (χ1v) is 27.8. The van der Waals surface area contributed by atoms with Crippen molar-refractivity contribution in [3.63, 3.8) is 0 Å². The lowest BCUT2D eigenvalue weighted by molar-refractivity contribution is -0.320. The van der Waals surface area contributed by atoms with Crippen molar-refractivity contribution in [1.29, 1.82) is 0 Å². The Morgan fingerprint density at radius 3 is 2.18 bits per heavy atom. The second kappa shape index (κ2) is 25.8. The molecule has 0 radical (unpaired) electrons. The van der Waals surface area contributed by atoms with Crippen LogP contribution in [0.15, 0.2) is 29.7 Å². The minimum Gasteiger partial charge on any atom is -0.477 e. The topological polar surface area (TPSA) is 261 Å². The number of aromatic carboxylic acids is 1. The van der Waals surface area contributed by atoms with Crippen molar-refractivity contribution in [2.75, 3.05) is 48.5 Å². The molecule has 79 heavy (non-hydrogen) atoms. The highest BCUT2D eigenvalue weighted by molar-refractivity contribution is 5.95. The first-order chi connectivity index (χ1) is 36.9. The van der Waals surface area contributed by atoms with Crippen molar-refractivity contribution < 1.29 is 82.2 Å². The zero-order chi connectivity index (χ0) is 58.8. The van der Waals surface area contributed by atoms with Crippen LogP contribution in [0.2, 0.25) is 0 Å². The van der Waals surface area contributed by atoms with E-state index in [1.165, 1.54) is 38.8 Å². The van der Waals surface area contributed by atoms with Crippen LogP contribution in [-0.2, 0) is 70.0 Å². The van der Waals surface area contributed by atoms with Gasteiger partial charge < -0.3 is 72.9 Å². The fourth-order valence-corrected chi connectivity index (χ4v) is 12.4. The number of aliphatic hydroxyl groups excluding tert-OH is 2. The van der Waals surface area contributed by atoms with E-state index in [9.17, 15) is 44.4 Å². The lowest BCUT2D eigenvalue weighted by atomic mass is 9.74. The Balaban J connectivity index is 1.20. The number of carboxylic acids is 1. The first-order valence-electron chi connectivity index (χ1n) is 27.8. The van der Waals surface area contributed by atoms with Crippen LogP contribution in [0.4, 0.5) is 0 Å². The second-order valence-electron chi connectivity index (χ2n) is 23.6. The minimum absolute atomic E-state index is 0.0287. The van der Waals surface area contributed by atoms with Gasteiger partial charge in [-0.3, -0.25) is 23.7 Å². The molecule has 0 amide bonds. The smallest absolute Gasteiger partial charge is 0.341 e. The molecule has 0 bridgehead atoms. The van der Waals surface area contributed by atoms with Gasteiger partial charge in [-0.05, 0) is 120 Å².